The van der Waals surface area contributed by atoms with Crippen LogP contribution < -0.4 is 0 Å². The van der Waals surface area contributed by atoms with E-state index in [2.05, 4.69) is 5.92 Å². The standard InChI is InChI=1S/C24H31N3O6/c1-8-14-26(21(30)32-23(2,3)4)27(22(31)33-24(5,6)7)16-11-15-25-19(28)17-12-9-10-13-18(17)20(25)29/h1,9-10,12-13H,11,14-16H2,2-7H3. The van der Waals surface area contributed by atoms with E-state index in [1.54, 1.807) is 65.8 Å². The van der Waals surface area contributed by atoms with E-state index in [1.165, 1.54) is 0 Å². The molecule has 0 aromatic heterocycles. The third-order valence-corrected chi connectivity index (χ3v) is 4.37. The van der Waals surface area contributed by atoms with Crippen molar-refractivity contribution in [2.75, 3.05) is 19.6 Å². The first-order valence-corrected chi connectivity index (χ1v) is 10.6. The molecule has 0 atom stereocenters. The molecule has 0 saturated heterocycles. The highest BCUT2D eigenvalue weighted by molar-refractivity contribution is 6.21. The Kier molecular flexibility index (Phi) is 7.75. The van der Waals surface area contributed by atoms with Gasteiger partial charge in [-0.25, -0.2) is 19.6 Å². The maximum Gasteiger partial charge on any atom is 0.430 e. The van der Waals surface area contributed by atoms with Gasteiger partial charge in [-0.2, -0.15) is 0 Å². The maximum atomic E-state index is 12.9. The van der Waals surface area contributed by atoms with Gasteiger partial charge in [-0.05, 0) is 60.1 Å². The van der Waals surface area contributed by atoms with Crippen LogP contribution in [0.1, 0.15) is 68.7 Å². The van der Waals surface area contributed by atoms with E-state index >= 15 is 0 Å². The Morgan fingerprint density at radius 2 is 1.36 bits per heavy atom. The molecule has 178 valence electrons. The number of imide groups is 1. The molecule has 1 aromatic carbocycles. The number of amides is 4. The molecule has 0 radical (unpaired) electrons. The van der Waals surface area contributed by atoms with Crippen molar-refractivity contribution in [1.82, 2.24) is 14.9 Å². The minimum Gasteiger partial charge on any atom is -0.442 e. The Hall–Kier alpha value is -3.54. The van der Waals surface area contributed by atoms with Crippen LogP contribution >= 0.6 is 0 Å². The summed E-state index contributed by atoms with van der Waals surface area (Å²) in [6.45, 7) is 9.94. The first-order valence-electron chi connectivity index (χ1n) is 10.6. The molecule has 4 amide bonds. The quantitative estimate of drug-likeness (QED) is 0.380. The molecule has 1 aliphatic rings. The van der Waals surface area contributed by atoms with Gasteiger partial charge >= 0.3 is 12.2 Å². The number of benzene rings is 1. The lowest BCUT2D eigenvalue weighted by Crippen LogP contribution is -2.53. The Balaban J connectivity index is 2.19. The van der Waals surface area contributed by atoms with E-state index in [0.29, 0.717) is 11.1 Å². The molecular formula is C24H31N3O6. The summed E-state index contributed by atoms with van der Waals surface area (Å²) in [5.41, 5.74) is -0.958. The molecule has 1 aromatic rings. The molecule has 2 rings (SSSR count). The normalized spacial score (nSPS) is 13.3. The van der Waals surface area contributed by atoms with Crippen molar-refractivity contribution in [3.63, 3.8) is 0 Å². The highest BCUT2D eigenvalue weighted by atomic mass is 16.6. The summed E-state index contributed by atoms with van der Waals surface area (Å²) in [5.74, 6) is 1.55. The van der Waals surface area contributed by atoms with Crippen molar-refractivity contribution < 1.29 is 28.7 Å². The molecule has 0 N–H and O–H groups in total. The van der Waals surface area contributed by atoms with Gasteiger partial charge in [-0.3, -0.25) is 14.5 Å². The van der Waals surface area contributed by atoms with Crippen LogP contribution in [-0.4, -0.2) is 69.8 Å². The monoisotopic (exact) mass is 457 g/mol. The first-order chi connectivity index (χ1) is 15.2. The summed E-state index contributed by atoms with van der Waals surface area (Å²) in [4.78, 5) is 52.0. The second kappa shape index (κ2) is 9.94. The second-order valence-electron chi connectivity index (χ2n) is 9.51. The van der Waals surface area contributed by atoms with Gasteiger partial charge in [0.15, 0.2) is 0 Å². The van der Waals surface area contributed by atoms with Crippen molar-refractivity contribution in [1.29, 1.82) is 0 Å². The number of carbonyl (C=O) groups excluding carboxylic acids is 4. The Labute approximate surface area is 194 Å². The molecule has 9 nitrogen and oxygen atoms in total. The highest BCUT2D eigenvalue weighted by Crippen LogP contribution is 2.23. The van der Waals surface area contributed by atoms with Crippen molar-refractivity contribution in [2.45, 2.75) is 59.2 Å². The molecule has 0 spiro atoms. The molecule has 0 saturated carbocycles. The molecule has 9 heteroatoms. The van der Waals surface area contributed by atoms with Gasteiger partial charge in [-0.1, -0.05) is 18.1 Å². The number of fused-ring (bicyclic) bond motifs is 1. The number of ether oxygens (including phenoxy) is 2. The van der Waals surface area contributed by atoms with Gasteiger partial charge in [0.1, 0.15) is 17.7 Å². The number of carbonyl (C=O) groups is 4. The van der Waals surface area contributed by atoms with Crippen molar-refractivity contribution in [3.05, 3.63) is 35.4 Å². The van der Waals surface area contributed by atoms with E-state index in [4.69, 9.17) is 15.9 Å². The third kappa shape index (κ3) is 6.72. The number of hydrazine groups is 1. The highest BCUT2D eigenvalue weighted by Gasteiger charge is 2.36. The van der Waals surface area contributed by atoms with Gasteiger partial charge < -0.3 is 9.47 Å². The van der Waals surface area contributed by atoms with E-state index in [1.807, 2.05) is 0 Å². The number of rotatable bonds is 5. The molecule has 1 aliphatic heterocycles. The lowest BCUT2D eigenvalue weighted by Gasteiger charge is -2.36. The zero-order chi connectivity index (χ0) is 25.0. The van der Waals surface area contributed by atoms with E-state index in [9.17, 15) is 19.2 Å². The first kappa shape index (κ1) is 25.7. The van der Waals surface area contributed by atoms with Crippen LogP contribution in [0.3, 0.4) is 0 Å². The van der Waals surface area contributed by atoms with E-state index in [-0.39, 0.29) is 26.1 Å². The molecule has 33 heavy (non-hydrogen) atoms. The van der Waals surface area contributed by atoms with Crippen LogP contribution in [-0.2, 0) is 9.47 Å². The fraction of sp³-hybridized carbons (Fsp3) is 0.500. The number of terminal acetylenes is 1. The van der Waals surface area contributed by atoms with Crippen molar-refractivity contribution in [2.24, 2.45) is 0 Å². The molecule has 0 unspecified atom stereocenters. The van der Waals surface area contributed by atoms with Crippen LogP contribution in [0, 0.1) is 12.3 Å². The van der Waals surface area contributed by atoms with Crippen molar-refractivity contribution >= 4 is 24.0 Å². The van der Waals surface area contributed by atoms with Crippen LogP contribution in [0.5, 0.6) is 0 Å². The Morgan fingerprint density at radius 3 is 1.79 bits per heavy atom. The van der Waals surface area contributed by atoms with Gasteiger partial charge in [0, 0.05) is 13.1 Å². The third-order valence-electron chi connectivity index (χ3n) is 4.37. The Morgan fingerprint density at radius 1 is 0.909 bits per heavy atom. The van der Waals surface area contributed by atoms with E-state index in [0.717, 1.165) is 14.9 Å². The van der Waals surface area contributed by atoms with Gasteiger partial charge in [0.05, 0.1) is 11.1 Å². The molecular weight excluding hydrogens is 426 g/mol. The summed E-state index contributed by atoms with van der Waals surface area (Å²) in [5, 5.41) is 2.04. The second-order valence-corrected chi connectivity index (χ2v) is 9.51. The topological polar surface area (TPSA) is 96.5 Å². The van der Waals surface area contributed by atoms with Crippen molar-refractivity contribution in [3.8, 4) is 12.3 Å². The van der Waals surface area contributed by atoms with Crippen LogP contribution in [0.15, 0.2) is 24.3 Å². The summed E-state index contributed by atoms with van der Waals surface area (Å²) in [7, 11) is 0. The van der Waals surface area contributed by atoms with Crippen LogP contribution in [0.25, 0.3) is 0 Å². The summed E-state index contributed by atoms with van der Waals surface area (Å²) < 4.78 is 10.8. The Bertz CT molecular complexity index is 933. The van der Waals surface area contributed by atoms with Crippen LogP contribution in [0.2, 0.25) is 0 Å². The number of nitrogens with zero attached hydrogens (tertiary/aromatic N) is 3. The van der Waals surface area contributed by atoms with Gasteiger partial charge in [0.2, 0.25) is 0 Å². The lowest BCUT2D eigenvalue weighted by atomic mass is 10.1. The maximum absolute atomic E-state index is 12.9. The average molecular weight is 458 g/mol. The van der Waals surface area contributed by atoms with E-state index < -0.39 is 35.2 Å². The molecule has 0 fully saturated rings. The number of hydrogen-bond acceptors (Lipinski definition) is 6. The predicted octanol–water partition coefficient (Wildman–Crippen LogP) is 3.70. The predicted molar refractivity (Wildman–Crippen MR) is 121 cm³/mol. The summed E-state index contributed by atoms with van der Waals surface area (Å²) >= 11 is 0. The summed E-state index contributed by atoms with van der Waals surface area (Å²) in [6.07, 6.45) is 4.01. The lowest BCUT2D eigenvalue weighted by molar-refractivity contribution is -0.0583. The minimum absolute atomic E-state index is 0.0385. The molecule has 0 bridgehead atoms. The number of hydrogen-bond donors (Lipinski definition) is 0. The zero-order valence-corrected chi connectivity index (χ0v) is 20.0. The average Bonchev–Trinajstić information content (AvgIpc) is 2.92. The van der Waals surface area contributed by atoms with Gasteiger partial charge in [0.25, 0.3) is 11.8 Å². The van der Waals surface area contributed by atoms with Crippen LogP contribution in [0.4, 0.5) is 9.59 Å². The largest absolute Gasteiger partial charge is 0.442 e. The molecule has 0 aliphatic carbocycles. The fourth-order valence-corrected chi connectivity index (χ4v) is 3.10. The summed E-state index contributed by atoms with van der Waals surface area (Å²) in [6, 6.07) is 6.58. The smallest absolute Gasteiger partial charge is 0.430 e. The SMILES string of the molecule is C#CCN(C(=O)OC(C)(C)C)N(CCCN1C(=O)c2ccccc2C1=O)C(=O)OC(C)(C)C. The molecule has 1 heterocycles. The minimum atomic E-state index is -0.826. The zero-order valence-electron chi connectivity index (χ0n) is 20.0. The van der Waals surface area contributed by atoms with Gasteiger partial charge in [-0.15, -0.1) is 6.42 Å². The fourth-order valence-electron chi connectivity index (χ4n) is 3.10.